The molecule has 0 aliphatic carbocycles. The van der Waals surface area contributed by atoms with Gasteiger partial charge in [-0.15, -0.1) is 0 Å². The molecule has 1 aliphatic rings. The number of H-pyrrole nitrogens is 1. The van der Waals surface area contributed by atoms with Crippen molar-refractivity contribution in [3.8, 4) is 0 Å². The lowest BCUT2D eigenvalue weighted by molar-refractivity contribution is 0.0662. The van der Waals surface area contributed by atoms with Crippen LogP contribution in [0.1, 0.15) is 32.2 Å². The summed E-state index contributed by atoms with van der Waals surface area (Å²) in [5.74, 6) is -1.57. The molecule has 0 unspecified atom stereocenters. The molecule has 7 nitrogen and oxygen atoms in total. The highest BCUT2D eigenvalue weighted by atomic mass is 16.4. The van der Waals surface area contributed by atoms with Gasteiger partial charge in [0.15, 0.2) is 11.4 Å². The number of fused-ring (bicyclic) bond motifs is 1. The predicted octanol–water partition coefficient (Wildman–Crippen LogP) is 0.701. The molecule has 20 heavy (non-hydrogen) atoms. The molecule has 0 atom stereocenters. The van der Waals surface area contributed by atoms with E-state index in [-0.39, 0.29) is 17.3 Å². The third-order valence-corrected chi connectivity index (χ3v) is 3.31. The number of pyridine rings is 1. The van der Waals surface area contributed by atoms with Crippen LogP contribution in [0.5, 0.6) is 0 Å². The number of carboxylic acid groups (broad SMARTS) is 1. The lowest BCUT2D eigenvalue weighted by Gasteiger charge is -2.27. The van der Waals surface area contributed by atoms with Gasteiger partial charge in [-0.3, -0.25) is 9.78 Å². The summed E-state index contributed by atoms with van der Waals surface area (Å²) in [7, 11) is 0. The van der Waals surface area contributed by atoms with Crippen molar-refractivity contribution < 1.29 is 14.7 Å². The van der Waals surface area contributed by atoms with Gasteiger partial charge in [-0.2, -0.15) is 0 Å². The first-order chi connectivity index (χ1) is 9.66. The van der Waals surface area contributed by atoms with Crippen molar-refractivity contribution in [3.63, 3.8) is 0 Å². The molecular weight excluding hydrogens is 260 g/mol. The Balaban J connectivity index is 1.86. The van der Waals surface area contributed by atoms with Gasteiger partial charge in [-0.25, -0.2) is 9.78 Å². The largest absolute Gasteiger partial charge is 0.477 e. The van der Waals surface area contributed by atoms with Gasteiger partial charge in [0.25, 0.3) is 5.91 Å². The van der Waals surface area contributed by atoms with Crippen molar-refractivity contribution in [3.05, 3.63) is 47.3 Å². The van der Waals surface area contributed by atoms with Crippen LogP contribution >= 0.6 is 0 Å². The number of aromatic amines is 1. The SMILES string of the molecule is O=C(O)c1[nH]cnc1C(=O)N1CCc2ncccc2C1. The van der Waals surface area contributed by atoms with E-state index in [2.05, 4.69) is 15.0 Å². The zero-order valence-corrected chi connectivity index (χ0v) is 10.5. The van der Waals surface area contributed by atoms with Crippen LogP contribution in [0, 0.1) is 0 Å². The Kier molecular flexibility index (Phi) is 2.94. The van der Waals surface area contributed by atoms with E-state index in [1.165, 1.54) is 6.33 Å². The number of carboxylic acids is 1. The Morgan fingerprint density at radius 3 is 3.00 bits per heavy atom. The van der Waals surface area contributed by atoms with Crippen molar-refractivity contribution in [2.24, 2.45) is 0 Å². The van der Waals surface area contributed by atoms with Gasteiger partial charge in [-0.1, -0.05) is 6.07 Å². The minimum absolute atomic E-state index is 0.0511. The molecular formula is C13H12N4O3. The molecule has 0 saturated heterocycles. The van der Waals surface area contributed by atoms with Crippen molar-refractivity contribution in [2.45, 2.75) is 13.0 Å². The molecule has 3 heterocycles. The van der Waals surface area contributed by atoms with E-state index in [1.54, 1.807) is 11.1 Å². The first-order valence-electron chi connectivity index (χ1n) is 6.15. The van der Waals surface area contributed by atoms with E-state index in [0.717, 1.165) is 11.3 Å². The van der Waals surface area contributed by atoms with Crippen LogP contribution in [-0.2, 0) is 13.0 Å². The van der Waals surface area contributed by atoms with E-state index in [0.29, 0.717) is 19.5 Å². The average molecular weight is 272 g/mol. The fraction of sp³-hybridized carbons (Fsp3) is 0.231. The van der Waals surface area contributed by atoms with Crippen LogP contribution in [0.15, 0.2) is 24.7 Å². The molecule has 1 amide bonds. The highest BCUT2D eigenvalue weighted by molar-refractivity contribution is 6.02. The Hall–Kier alpha value is -2.70. The lowest BCUT2D eigenvalue weighted by Crippen LogP contribution is -2.37. The minimum atomic E-state index is -1.19. The number of hydrogen-bond acceptors (Lipinski definition) is 4. The van der Waals surface area contributed by atoms with Gasteiger partial charge >= 0.3 is 5.97 Å². The summed E-state index contributed by atoms with van der Waals surface area (Å²) in [5.41, 5.74) is 1.74. The summed E-state index contributed by atoms with van der Waals surface area (Å²) in [4.78, 5) is 35.5. The molecule has 2 N–H and O–H groups in total. The standard InChI is InChI=1S/C13H12N4O3/c18-12(10-11(13(19)20)16-7-15-10)17-5-3-9-8(6-17)2-1-4-14-9/h1-2,4,7H,3,5-6H2,(H,15,16)(H,19,20). The fourth-order valence-corrected chi connectivity index (χ4v) is 2.31. The normalized spacial score (nSPS) is 13.9. The molecule has 0 saturated carbocycles. The number of carbonyl (C=O) groups is 2. The monoisotopic (exact) mass is 272 g/mol. The molecule has 0 bridgehead atoms. The molecule has 0 spiro atoms. The highest BCUT2D eigenvalue weighted by Crippen LogP contribution is 2.18. The maximum absolute atomic E-state index is 12.4. The van der Waals surface area contributed by atoms with Crippen LogP contribution in [0.3, 0.4) is 0 Å². The first kappa shape index (κ1) is 12.3. The quantitative estimate of drug-likeness (QED) is 0.838. The number of hydrogen-bond donors (Lipinski definition) is 2. The summed E-state index contributed by atoms with van der Waals surface area (Å²) in [6, 6.07) is 3.74. The van der Waals surface area contributed by atoms with Crippen molar-refractivity contribution in [1.82, 2.24) is 19.9 Å². The molecule has 2 aromatic rings. The first-order valence-corrected chi connectivity index (χ1v) is 6.15. The Morgan fingerprint density at radius 1 is 1.35 bits per heavy atom. The number of imidazole rings is 1. The van der Waals surface area contributed by atoms with Gasteiger partial charge in [0.1, 0.15) is 0 Å². The molecule has 3 rings (SSSR count). The highest BCUT2D eigenvalue weighted by Gasteiger charge is 2.27. The maximum atomic E-state index is 12.4. The smallest absolute Gasteiger partial charge is 0.354 e. The Morgan fingerprint density at radius 2 is 2.20 bits per heavy atom. The second-order valence-electron chi connectivity index (χ2n) is 4.52. The van der Waals surface area contributed by atoms with Gasteiger partial charge < -0.3 is 15.0 Å². The molecule has 1 aliphatic heterocycles. The zero-order valence-electron chi connectivity index (χ0n) is 10.5. The number of nitrogens with one attached hydrogen (secondary N) is 1. The number of carbonyl (C=O) groups excluding carboxylic acids is 1. The second kappa shape index (κ2) is 4.76. The third-order valence-electron chi connectivity index (χ3n) is 3.31. The molecule has 2 aromatic heterocycles. The van der Waals surface area contributed by atoms with Crippen molar-refractivity contribution >= 4 is 11.9 Å². The number of nitrogens with zero attached hydrogens (tertiary/aromatic N) is 3. The predicted molar refractivity (Wildman–Crippen MR) is 68.2 cm³/mol. The molecule has 0 radical (unpaired) electrons. The van der Waals surface area contributed by atoms with Gasteiger partial charge in [0, 0.05) is 31.4 Å². The number of rotatable bonds is 2. The molecule has 102 valence electrons. The number of amides is 1. The average Bonchev–Trinajstić information content (AvgIpc) is 2.95. The Bertz CT molecular complexity index is 680. The summed E-state index contributed by atoms with van der Waals surface area (Å²) in [5, 5.41) is 9.01. The van der Waals surface area contributed by atoms with E-state index in [4.69, 9.17) is 5.11 Å². The van der Waals surface area contributed by atoms with E-state index >= 15 is 0 Å². The molecule has 7 heteroatoms. The van der Waals surface area contributed by atoms with Gasteiger partial charge in [0.05, 0.1) is 6.33 Å². The maximum Gasteiger partial charge on any atom is 0.354 e. The molecule has 0 aromatic carbocycles. The summed E-state index contributed by atoms with van der Waals surface area (Å²) >= 11 is 0. The third kappa shape index (κ3) is 2.03. The van der Waals surface area contributed by atoms with Gasteiger partial charge in [-0.05, 0) is 11.6 Å². The van der Waals surface area contributed by atoms with Crippen molar-refractivity contribution in [1.29, 1.82) is 0 Å². The van der Waals surface area contributed by atoms with Gasteiger partial charge in [0.2, 0.25) is 0 Å². The van der Waals surface area contributed by atoms with E-state index in [1.807, 2.05) is 12.1 Å². The van der Waals surface area contributed by atoms with Crippen LogP contribution in [0.2, 0.25) is 0 Å². The summed E-state index contributed by atoms with van der Waals surface area (Å²) in [6.07, 6.45) is 3.61. The van der Waals surface area contributed by atoms with Crippen molar-refractivity contribution in [2.75, 3.05) is 6.54 Å². The Labute approximate surface area is 114 Å². The van der Waals surface area contributed by atoms with Crippen LogP contribution in [-0.4, -0.2) is 43.4 Å². The lowest BCUT2D eigenvalue weighted by atomic mass is 10.1. The topological polar surface area (TPSA) is 99.2 Å². The summed E-state index contributed by atoms with van der Waals surface area (Å²) in [6.45, 7) is 0.933. The fourth-order valence-electron chi connectivity index (χ4n) is 2.31. The zero-order chi connectivity index (χ0) is 14.1. The molecule has 0 fully saturated rings. The summed E-state index contributed by atoms with van der Waals surface area (Å²) < 4.78 is 0. The van der Waals surface area contributed by atoms with Crippen LogP contribution < -0.4 is 0 Å². The van der Waals surface area contributed by atoms with E-state index in [9.17, 15) is 9.59 Å². The second-order valence-corrected chi connectivity index (χ2v) is 4.52. The minimum Gasteiger partial charge on any atom is -0.477 e. The number of aromatic nitrogens is 3. The van der Waals surface area contributed by atoms with Crippen LogP contribution in [0.4, 0.5) is 0 Å². The number of aromatic carboxylic acids is 1. The van der Waals surface area contributed by atoms with E-state index < -0.39 is 5.97 Å². The van der Waals surface area contributed by atoms with Crippen LogP contribution in [0.25, 0.3) is 0 Å².